The van der Waals surface area contributed by atoms with Crippen LogP contribution in [0.4, 0.5) is 0 Å². The quantitative estimate of drug-likeness (QED) is 0.515. The summed E-state index contributed by atoms with van der Waals surface area (Å²) in [6.45, 7) is 8.08. The molecule has 168 valence electrons. The van der Waals surface area contributed by atoms with Crippen LogP contribution in [0.1, 0.15) is 37.0 Å². The van der Waals surface area contributed by atoms with Crippen molar-refractivity contribution >= 4 is 28.8 Å². The van der Waals surface area contributed by atoms with E-state index in [1.54, 1.807) is 32.9 Å². The molecule has 2 amide bonds. The number of hydrogen-bond acceptors (Lipinski definition) is 6. The van der Waals surface area contributed by atoms with Crippen LogP contribution in [0.3, 0.4) is 0 Å². The topological polar surface area (TPSA) is 135 Å². The fourth-order valence-electron chi connectivity index (χ4n) is 3.06. The third kappa shape index (κ3) is 5.62. The molecule has 0 unspecified atom stereocenters. The molecule has 1 aromatic carbocycles. The number of aliphatic carboxylic acids is 1. The van der Waals surface area contributed by atoms with Gasteiger partial charge in [-0.3, -0.25) is 9.59 Å². The molecule has 9 nitrogen and oxygen atoms in total. The molecular formula is C22H28N2O7. The highest BCUT2D eigenvalue weighted by Gasteiger charge is 2.25. The van der Waals surface area contributed by atoms with E-state index in [4.69, 9.17) is 9.15 Å². The van der Waals surface area contributed by atoms with Crippen molar-refractivity contribution in [1.82, 2.24) is 10.6 Å². The van der Waals surface area contributed by atoms with Crippen molar-refractivity contribution in [2.75, 3.05) is 13.2 Å². The first kappa shape index (κ1) is 23.9. The van der Waals surface area contributed by atoms with E-state index in [0.29, 0.717) is 28.9 Å². The zero-order chi connectivity index (χ0) is 23.3. The second-order valence-electron chi connectivity index (χ2n) is 7.54. The first-order chi connectivity index (χ1) is 14.6. The molecule has 3 N–H and O–H groups in total. The summed E-state index contributed by atoms with van der Waals surface area (Å²) in [5.74, 6) is -2.14. The molecule has 0 saturated heterocycles. The summed E-state index contributed by atoms with van der Waals surface area (Å²) >= 11 is 0. The van der Waals surface area contributed by atoms with Crippen molar-refractivity contribution < 1.29 is 28.6 Å². The van der Waals surface area contributed by atoms with Gasteiger partial charge in [-0.15, -0.1) is 0 Å². The van der Waals surface area contributed by atoms with E-state index in [1.807, 2.05) is 13.8 Å². The van der Waals surface area contributed by atoms with Gasteiger partial charge in [-0.05, 0) is 44.4 Å². The SMILES string of the molecule is CC[C@@H](C)[C@H](NC(=O)CNC(=O)COc1ccc2c(C)c(C)c(=O)oc2c1C)C(=O)O. The van der Waals surface area contributed by atoms with Crippen molar-refractivity contribution in [3.8, 4) is 5.75 Å². The number of hydrogen-bond donors (Lipinski definition) is 3. The van der Waals surface area contributed by atoms with E-state index >= 15 is 0 Å². The van der Waals surface area contributed by atoms with E-state index in [0.717, 1.165) is 10.9 Å². The Kier molecular flexibility index (Phi) is 7.79. The Balaban J connectivity index is 1.97. The molecule has 1 heterocycles. The number of carbonyl (C=O) groups excluding carboxylic acids is 2. The molecule has 0 radical (unpaired) electrons. The number of carboxylic acids is 1. The molecule has 0 aliphatic carbocycles. The van der Waals surface area contributed by atoms with Crippen LogP contribution in [0.15, 0.2) is 21.3 Å². The fraction of sp³-hybridized carbons (Fsp3) is 0.455. The highest BCUT2D eigenvalue weighted by Crippen LogP contribution is 2.29. The minimum Gasteiger partial charge on any atom is -0.483 e. The van der Waals surface area contributed by atoms with E-state index in [-0.39, 0.29) is 19.1 Å². The highest BCUT2D eigenvalue weighted by molar-refractivity contribution is 5.89. The Hall–Kier alpha value is -3.36. The molecule has 9 heteroatoms. The van der Waals surface area contributed by atoms with Crippen molar-refractivity contribution in [2.45, 2.75) is 47.1 Å². The number of amides is 2. The van der Waals surface area contributed by atoms with Crippen LogP contribution in [-0.2, 0) is 14.4 Å². The summed E-state index contributed by atoms with van der Waals surface area (Å²) in [6, 6.07) is 2.43. The van der Waals surface area contributed by atoms with Crippen LogP contribution in [-0.4, -0.2) is 42.1 Å². The minimum absolute atomic E-state index is 0.246. The third-order valence-corrected chi connectivity index (χ3v) is 5.42. The molecule has 0 bridgehead atoms. The van der Waals surface area contributed by atoms with Gasteiger partial charge in [0.15, 0.2) is 6.61 Å². The Morgan fingerprint density at radius 2 is 1.77 bits per heavy atom. The van der Waals surface area contributed by atoms with Crippen LogP contribution in [0.25, 0.3) is 11.0 Å². The van der Waals surface area contributed by atoms with E-state index in [2.05, 4.69) is 10.6 Å². The average Bonchev–Trinajstić information content (AvgIpc) is 2.73. The lowest BCUT2D eigenvalue weighted by Gasteiger charge is -2.20. The number of nitrogens with one attached hydrogen (secondary N) is 2. The van der Waals surface area contributed by atoms with Gasteiger partial charge in [0, 0.05) is 16.5 Å². The van der Waals surface area contributed by atoms with E-state index in [1.165, 1.54) is 0 Å². The van der Waals surface area contributed by atoms with Gasteiger partial charge in [-0.2, -0.15) is 0 Å². The second kappa shape index (κ2) is 10.1. The summed E-state index contributed by atoms with van der Waals surface area (Å²) < 4.78 is 10.9. The number of benzene rings is 1. The summed E-state index contributed by atoms with van der Waals surface area (Å²) in [7, 11) is 0. The minimum atomic E-state index is -1.12. The molecule has 0 saturated carbocycles. The van der Waals surface area contributed by atoms with Crippen molar-refractivity contribution in [1.29, 1.82) is 0 Å². The van der Waals surface area contributed by atoms with Crippen LogP contribution in [0.5, 0.6) is 5.75 Å². The van der Waals surface area contributed by atoms with Crippen LogP contribution >= 0.6 is 0 Å². The lowest BCUT2D eigenvalue weighted by atomic mass is 9.99. The Bertz CT molecular complexity index is 1060. The number of rotatable bonds is 9. The predicted octanol–water partition coefficient (Wildman–Crippen LogP) is 1.83. The number of carboxylic acid groups (broad SMARTS) is 1. The largest absolute Gasteiger partial charge is 0.483 e. The van der Waals surface area contributed by atoms with Crippen LogP contribution in [0, 0.1) is 26.7 Å². The van der Waals surface area contributed by atoms with Gasteiger partial charge in [-0.1, -0.05) is 20.3 Å². The highest BCUT2D eigenvalue weighted by atomic mass is 16.5. The van der Waals surface area contributed by atoms with Gasteiger partial charge in [0.25, 0.3) is 5.91 Å². The maximum atomic E-state index is 12.1. The molecule has 2 aromatic rings. The van der Waals surface area contributed by atoms with Crippen LogP contribution < -0.4 is 21.0 Å². The summed E-state index contributed by atoms with van der Waals surface area (Å²) in [6.07, 6.45) is 0.585. The summed E-state index contributed by atoms with van der Waals surface area (Å²) in [4.78, 5) is 47.3. The van der Waals surface area contributed by atoms with E-state index < -0.39 is 29.5 Å². The van der Waals surface area contributed by atoms with Gasteiger partial charge in [0.1, 0.15) is 17.4 Å². The van der Waals surface area contributed by atoms with Gasteiger partial charge in [0.2, 0.25) is 5.91 Å². The van der Waals surface area contributed by atoms with E-state index in [9.17, 15) is 24.3 Å². The third-order valence-electron chi connectivity index (χ3n) is 5.42. The first-order valence-corrected chi connectivity index (χ1v) is 10.0. The molecule has 31 heavy (non-hydrogen) atoms. The monoisotopic (exact) mass is 432 g/mol. The van der Waals surface area contributed by atoms with Gasteiger partial charge in [-0.25, -0.2) is 9.59 Å². The second-order valence-corrected chi connectivity index (χ2v) is 7.54. The Morgan fingerprint density at radius 1 is 1.10 bits per heavy atom. The normalized spacial score (nSPS) is 12.8. The zero-order valence-electron chi connectivity index (χ0n) is 18.3. The summed E-state index contributed by atoms with van der Waals surface area (Å²) in [5, 5.41) is 14.8. The van der Waals surface area contributed by atoms with Crippen molar-refractivity contribution in [3.05, 3.63) is 39.2 Å². The van der Waals surface area contributed by atoms with Crippen molar-refractivity contribution in [2.24, 2.45) is 5.92 Å². The molecule has 0 spiro atoms. The van der Waals surface area contributed by atoms with Gasteiger partial charge < -0.3 is 24.9 Å². The standard InChI is InChI=1S/C22H28N2O7/c1-6-11(2)19(21(27)28)24-17(25)9-23-18(26)10-30-16-8-7-15-12(3)13(4)22(29)31-20(15)14(16)5/h7-8,11,19H,6,9-10H2,1-5H3,(H,23,26)(H,24,25)(H,27,28)/t11-,19+/m1/s1. The molecule has 0 aliphatic heterocycles. The Morgan fingerprint density at radius 3 is 2.39 bits per heavy atom. The maximum absolute atomic E-state index is 12.1. The van der Waals surface area contributed by atoms with Crippen molar-refractivity contribution in [3.63, 3.8) is 0 Å². The van der Waals surface area contributed by atoms with Gasteiger partial charge in [0.05, 0.1) is 6.54 Å². The number of carbonyl (C=O) groups is 3. The molecule has 0 fully saturated rings. The summed E-state index contributed by atoms with van der Waals surface area (Å²) in [5.41, 5.74) is 1.92. The number of ether oxygens (including phenoxy) is 1. The smallest absolute Gasteiger partial charge is 0.339 e. The first-order valence-electron chi connectivity index (χ1n) is 10.0. The zero-order valence-corrected chi connectivity index (χ0v) is 18.3. The fourth-order valence-corrected chi connectivity index (χ4v) is 3.06. The number of fused-ring (bicyclic) bond motifs is 1. The Labute approximate surface area is 179 Å². The molecule has 1 aromatic heterocycles. The van der Waals surface area contributed by atoms with Gasteiger partial charge >= 0.3 is 11.6 Å². The average molecular weight is 432 g/mol. The van der Waals surface area contributed by atoms with Crippen LogP contribution in [0.2, 0.25) is 0 Å². The molecule has 2 rings (SSSR count). The lowest BCUT2D eigenvalue weighted by Crippen LogP contribution is -2.48. The molecule has 0 aliphatic rings. The molecular weight excluding hydrogens is 404 g/mol. The lowest BCUT2D eigenvalue weighted by molar-refractivity contribution is -0.143. The maximum Gasteiger partial charge on any atom is 0.339 e. The molecule has 2 atom stereocenters. The number of aryl methyl sites for hydroxylation is 2. The predicted molar refractivity (Wildman–Crippen MR) is 114 cm³/mol.